The van der Waals surface area contributed by atoms with E-state index in [9.17, 15) is 0 Å². The lowest BCUT2D eigenvalue weighted by Crippen LogP contribution is -1.97. The predicted molar refractivity (Wildman–Crippen MR) is 106 cm³/mol. The number of benzene rings is 1. The van der Waals surface area contributed by atoms with Crippen LogP contribution in [0.15, 0.2) is 60.0 Å². The minimum absolute atomic E-state index is 0.560. The van der Waals surface area contributed by atoms with Gasteiger partial charge in [-0.25, -0.2) is 4.98 Å². The first-order chi connectivity index (χ1) is 13.9. The van der Waals surface area contributed by atoms with Gasteiger partial charge < -0.3 is 9.47 Å². The fourth-order valence-corrected chi connectivity index (χ4v) is 3.75. The van der Waals surface area contributed by atoms with Gasteiger partial charge in [-0.3, -0.25) is 4.98 Å². The molecule has 7 nitrogen and oxygen atoms in total. The predicted octanol–water partition coefficient (Wildman–Crippen LogP) is 3.64. The molecule has 0 unspecified atom stereocenters. The molecule has 0 N–H and O–H groups in total. The number of pyridine rings is 1. The first kappa shape index (κ1) is 17.0. The Hall–Kier alpha value is -3.13. The molecular weight excluding hydrogens is 374 g/mol. The molecule has 28 heavy (non-hydrogen) atoms. The average Bonchev–Trinajstić information content (AvgIpc) is 3.02. The van der Waals surface area contributed by atoms with Crippen molar-refractivity contribution in [2.75, 3.05) is 13.2 Å². The van der Waals surface area contributed by atoms with Crippen molar-refractivity contribution in [2.24, 2.45) is 0 Å². The van der Waals surface area contributed by atoms with Crippen molar-refractivity contribution in [1.29, 1.82) is 0 Å². The quantitative estimate of drug-likeness (QED) is 0.492. The maximum atomic E-state index is 5.77. The van der Waals surface area contributed by atoms with E-state index in [4.69, 9.17) is 9.47 Å². The van der Waals surface area contributed by atoms with Gasteiger partial charge in [0, 0.05) is 24.6 Å². The summed E-state index contributed by atoms with van der Waals surface area (Å²) < 4.78 is 13.2. The van der Waals surface area contributed by atoms with Crippen molar-refractivity contribution in [3.05, 3.63) is 60.4 Å². The Labute approximate surface area is 165 Å². The maximum absolute atomic E-state index is 5.77. The first-order valence-corrected chi connectivity index (χ1v) is 10.00. The molecule has 0 radical (unpaired) electrons. The van der Waals surface area contributed by atoms with Gasteiger partial charge in [0.1, 0.15) is 0 Å². The highest BCUT2D eigenvalue weighted by Gasteiger charge is 2.13. The molecule has 8 heteroatoms. The monoisotopic (exact) mass is 391 g/mol. The van der Waals surface area contributed by atoms with E-state index in [2.05, 4.69) is 20.1 Å². The van der Waals surface area contributed by atoms with Gasteiger partial charge in [0.15, 0.2) is 11.5 Å². The molecular formula is C20H17N5O2S. The summed E-state index contributed by atoms with van der Waals surface area (Å²) in [5.74, 6) is 2.90. The van der Waals surface area contributed by atoms with Crippen molar-refractivity contribution >= 4 is 17.5 Å². The van der Waals surface area contributed by atoms with E-state index in [0.717, 1.165) is 40.6 Å². The molecule has 140 valence electrons. The average molecular weight is 391 g/mol. The van der Waals surface area contributed by atoms with Crippen LogP contribution in [0.25, 0.3) is 17.2 Å². The molecule has 0 bridgehead atoms. The van der Waals surface area contributed by atoms with Gasteiger partial charge in [0.05, 0.1) is 24.6 Å². The number of aromatic nitrogens is 5. The lowest BCUT2D eigenvalue weighted by Gasteiger charge is -2.08. The third kappa shape index (κ3) is 3.38. The van der Waals surface area contributed by atoms with Crippen LogP contribution in [0.5, 0.6) is 11.5 Å². The van der Waals surface area contributed by atoms with Gasteiger partial charge in [-0.1, -0.05) is 23.9 Å². The van der Waals surface area contributed by atoms with Gasteiger partial charge in [0.2, 0.25) is 5.16 Å². The molecule has 0 amide bonds. The summed E-state index contributed by atoms with van der Waals surface area (Å²) in [4.78, 5) is 13.3. The molecule has 0 atom stereocenters. The second-order valence-corrected chi connectivity index (χ2v) is 7.21. The van der Waals surface area contributed by atoms with Crippen molar-refractivity contribution in [1.82, 2.24) is 24.6 Å². The van der Waals surface area contributed by atoms with Crippen LogP contribution in [0.4, 0.5) is 0 Å². The van der Waals surface area contributed by atoms with Crippen LogP contribution in [0.2, 0.25) is 0 Å². The Kier molecular flexibility index (Phi) is 4.54. The zero-order valence-electron chi connectivity index (χ0n) is 15.0. The summed E-state index contributed by atoms with van der Waals surface area (Å²) >= 11 is 1.56. The Morgan fingerprint density at radius 1 is 0.964 bits per heavy atom. The number of nitrogens with zero attached hydrogens (tertiary/aromatic N) is 5. The smallest absolute Gasteiger partial charge is 0.253 e. The molecule has 1 aliphatic rings. The van der Waals surface area contributed by atoms with Crippen molar-refractivity contribution in [2.45, 2.75) is 17.3 Å². The lowest BCUT2D eigenvalue weighted by atomic mass is 10.2. The number of ether oxygens (including phenoxy) is 2. The zero-order chi connectivity index (χ0) is 18.8. The zero-order valence-corrected chi connectivity index (χ0v) is 15.8. The fourth-order valence-electron chi connectivity index (χ4n) is 2.99. The first-order valence-electron chi connectivity index (χ1n) is 9.01. The number of thioether (sulfide) groups is 1. The minimum Gasteiger partial charge on any atom is -0.490 e. The molecule has 1 aliphatic heterocycles. The van der Waals surface area contributed by atoms with Crippen LogP contribution in [0.3, 0.4) is 0 Å². The van der Waals surface area contributed by atoms with Gasteiger partial charge in [-0.2, -0.15) is 9.50 Å². The lowest BCUT2D eigenvalue weighted by molar-refractivity contribution is 0.297. The summed E-state index contributed by atoms with van der Waals surface area (Å²) in [6.07, 6.45) is 4.39. The summed E-state index contributed by atoms with van der Waals surface area (Å²) in [7, 11) is 0. The van der Waals surface area contributed by atoms with E-state index < -0.39 is 0 Å². The standard InChI is InChI=1S/C20H17N5O2S/c1-2-8-21-15(4-1)16-7-9-22-19-23-20(24-25(16)19)28-13-14-5-6-17-18(12-14)27-11-3-10-26-17/h1-2,4-9,12H,3,10-11,13H2. The molecule has 5 rings (SSSR count). The number of rotatable bonds is 4. The molecule has 0 fully saturated rings. The van der Waals surface area contributed by atoms with E-state index in [1.54, 1.807) is 28.7 Å². The van der Waals surface area contributed by atoms with Gasteiger partial charge in [-0.15, -0.1) is 5.10 Å². The molecule has 0 saturated heterocycles. The van der Waals surface area contributed by atoms with E-state index in [1.807, 2.05) is 42.5 Å². The topological polar surface area (TPSA) is 74.4 Å². The van der Waals surface area contributed by atoms with Crippen LogP contribution >= 0.6 is 11.8 Å². The summed E-state index contributed by atoms with van der Waals surface area (Å²) in [5.41, 5.74) is 2.82. The SMILES string of the molecule is c1ccc(-c2ccnc3nc(SCc4ccc5c(c4)OCCCO5)nn23)nc1. The fraction of sp³-hybridized carbons (Fsp3) is 0.200. The van der Waals surface area contributed by atoms with E-state index >= 15 is 0 Å². The molecule has 1 aromatic carbocycles. The van der Waals surface area contributed by atoms with E-state index in [0.29, 0.717) is 24.1 Å². The summed E-state index contributed by atoms with van der Waals surface area (Å²) in [5, 5.41) is 5.29. The highest BCUT2D eigenvalue weighted by atomic mass is 32.2. The largest absolute Gasteiger partial charge is 0.490 e. The van der Waals surface area contributed by atoms with Crippen LogP contribution in [-0.4, -0.2) is 37.8 Å². The Morgan fingerprint density at radius 2 is 1.89 bits per heavy atom. The minimum atomic E-state index is 0.560. The van der Waals surface area contributed by atoms with Gasteiger partial charge >= 0.3 is 0 Å². The van der Waals surface area contributed by atoms with Gasteiger partial charge in [-0.05, 0) is 35.9 Å². The van der Waals surface area contributed by atoms with Crippen molar-refractivity contribution < 1.29 is 9.47 Å². The highest BCUT2D eigenvalue weighted by molar-refractivity contribution is 7.98. The Balaban J connectivity index is 1.38. The molecule has 3 aromatic heterocycles. The van der Waals surface area contributed by atoms with Crippen molar-refractivity contribution in [3.8, 4) is 22.9 Å². The van der Waals surface area contributed by atoms with Crippen LogP contribution in [0.1, 0.15) is 12.0 Å². The van der Waals surface area contributed by atoms with Crippen LogP contribution in [0, 0.1) is 0 Å². The Bertz CT molecular complexity index is 1120. The molecule has 4 heterocycles. The number of fused-ring (bicyclic) bond motifs is 2. The highest BCUT2D eigenvalue weighted by Crippen LogP contribution is 2.32. The molecule has 0 aliphatic carbocycles. The maximum Gasteiger partial charge on any atom is 0.253 e. The third-order valence-electron chi connectivity index (χ3n) is 4.33. The summed E-state index contributed by atoms with van der Waals surface area (Å²) in [6.45, 7) is 1.37. The second kappa shape index (κ2) is 7.47. The van der Waals surface area contributed by atoms with E-state index in [1.165, 1.54) is 0 Å². The molecule has 0 saturated carbocycles. The third-order valence-corrected chi connectivity index (χ3v) is 5.24. The summed E-state index contributed by atoms with van der Waals surface area (Å²) in [6, 6.07) is 13.7. The van der Waals surface area contributed by atoms with Gasteiger partial charge in [0.25, 0.3) is 5.78 Å². The van der Waals surface area contributed by atoms with Crippen molar-refractivity contribution in [3.63, 3.8) is 0 Å². The van der Waals surface area contributed by atoms with Crippen LogP contribution < -0.4 is 9.47 Å². The number of hydrogen-bond donors (Lipinski definition) is 0. The number of hydrogen-bond acceptors (Lipinski definition) is 7. The van der Waals surface area contributed by atoms with E-state index in [-0.39, 0.29) is 0 Å². The van der Waals surface area contributed by atoms with Crippen LogP contribution in [-0.2, 0) is 5.75 Å². The normalized spacial score (nSPS) is 13.4. The second-order valence-electron chi connectivity index (χ2n) is 6.27. The molecule has 4 aromatic rings. The molecule has 0 spiro atoms. The Morgan fingerprint density at radius 3 is 2.79 bits per heavy atom.